The minimum Gasteiger partial charge on any atom is -0.385 e. The largest absolute Gasteiger partial charge is 0.385 e. The summed E-state index contributed by atoms with van der Waals surface area (Å²) in [5.41, 5.74) is 0. The van der Waals surface area contributed by atoms with E-state index in [1.165, 1.54) is 4.31 Å². The van der Waals surface area contributed by atoms with Gasteiger partial charge in [0, 0.05) is 13.1 Å². The van der Waals surface area contributed by atoms with Gasteiger partial charge in [-0.05, 0) is 36.8 Å². The van der Waals surface area contributed by atoms with E-state index in [0.717, 1.165) is 6.26 Å². The first-order valence-corrected chi connectivity index (χ1v) is 7.53. The number of aliphatic hydroxyl groups excluding tert-OH is 1. The van der Waals surface area contributed by atoms with Crippen molar-refractivity contribution in [2.24, 2.45) is 5.92 Å². The number of sulfonamides is 1. The Morgan fingerprint density at radius 1 is 1.59 bits per heavy atom. The molecule has 0 bridgehead atoms. The smallest absolute Gasteiger partial charge is 0.347 e. The van der Waals surface area contributed by atoms with E-state index in [-0.39, 0.29) is 18.9 Å². The van der Waals surface area contributed by atoms with E-state index < -0.39 is 21.5 Å². The maximum atomic E-state index is 12.6. The summed E-state index contributed by atoms with van der Waals surface area (Å²) < 4.78 is 49.0. The monoisotopic (exact) mass is 291 g/mol. The van der Waals surface area contributed by atoms with Gasteiger partial charge in [-0.25, -0.2) is 12.7 Å². The van der Waals surface area contributed by atoms with Crippen molar-refractivity contribution in [3.63, 3.8) is 0 Å². The van der Waals surface area contributed by atoms with Crippen molar-refractivity contribution < 1.29 is 22.3 Å². The van der Waals surface area contributed by atoms with Gasteiger partial charge in [-0.2, -0.15) is 8.78 Å². The first kappa shape index (κ1) is 15.1. The molecule has 102 valence electrons. The van der Waals surface area contributed by atoms with E-state index in [1.807, 2.05) is 0 Å². The van der Waals surface area contributed by atoms with Gasteiger partial charge in [0.2, 0.25) is 10.0 Å². The summed E-state index contributed by atoms with van der Waals surface area (Å²) in [4.78, 5) is 0. The summed E-state index contributed by atoms with van der Waals surface area (Å²) in [6.07, 6.45) is 0.187. The second-order valence-corrected chi connectivity index (χ2v) is 6.91. The summed E-state index contributed by atoms with van der Waals surface area (Å²) in [5, 5.41) is 5.52. The van der Waals surface area contributed by atoms with Crippen LogP contribution in [0.25, 0.3) is 0 Å². The molecule has 17 heavy (non-hydrogen) atoms. The van der Waals surface area contributed by atoms with Crippen molar-refractivity contribution >= 4 is 21.6 Å². The Hall–Kier alpha value is 0.0200. The highest BCUT2D eigenvalue weighted by atomic mass is 35.5. The number of piperidine rings is 1. The standard InChI is InChI=1S/C9H16ClF2NO3S/c1-17(15,16)13-4-2-3-7(6-13)5-8(14)9(10,11)12/h7-8,14H,2-6H2,1H3. The van der Waals surface area contributed by atoms with Gasteiger partial charge in [0.15, 0.2) is 0 Å². The second kappa shape index (κ2) is 5.34. The zero-order valence-corrected chi connectivity index (χ0v) is 11.0. The van der Waals surface area contributed by atoms with Crippen molar-refractivity contribution in [2.75, 3.05) is 19.3 Å². The third-order valence-corrected chi connectivity index (χ3v) is 4.41. The lowest BCUT2D eigenvalue weighted by Crippen LogP contribution is -2.41. The van der Waals surface area contributed by atoms with Gasteiger partial charge in [0.05, 0.1) is 6.26 Å². The zero-order valence-electron chi connectivity index (χ0n) is 9.44. The Morgan fingerprint density at radius 3 is 2.65 bits per heavy atom. The third-order valence-electron chi connectivity index (χ3n) is 2.89. The second-order valence-electron chi connectivity index (χ2n) is 4.42. The Balaban J connectivity index is 2.57. The molecule has 2 unspecified atom stereocenters. The van der Waals surface area contributed by atoms with Crippen molar-refractivity contribution in [2.45, 2.75) is 30.7 Å². The van der Waals surface area contributed by atoms with E-state index in [2.05, 4.69) is 0 Å². The van der Waals surface area contributed by atoms with E-state index in [1.54, 1.807) is 0 Å². The Kier molecular flexibility index (Phi) is 4.73. The molecule has 1 aliphatic rings. The summed E-state index contributed by atoms with van der Waals surface area (Å²) >= 11 is 4.71. The van der Waals surface area contributed by atoms with Crippen LogP contribution in [0.15, 0.2) is 0 Å². The molecule has 0 amide bonds. The van der Waals surface area contributed by atoms with Gasteiger partial charge in [-0.1, -0.05) is 0 Å². The normalized spacial score (nSPS) is 25.8. The number of halogens is 3. The topological polar surface area (TPSA) is 57.6 Å². The lowest BCUT2D eigenvalue weighted by molar-refractivity contribution is -0.0542. The molecule has 0 spiro atoms. The molecule has 1 fully saturated rings. The van der Waals surface area contributed by atoms with Gasteiger partial charge in [0.25, 0.3) is 0 Å². The molecule has 1 aliphatic heterocycles. The number of rotatable bonds is 4. The van der Waals surface area contributed by atoms with Crippen LogP contribution < -0.4 is 0 Å². The Labute approximate surface area is 105 Å². The summed E-state index contributed by atoms with van der Waals surface area (Å²) in [5.74, 6) is -0.280. The molecule has 4 nitrogen and oxygen atoms in total. The van der Waals surface area contributed by atoms with Crippen LogP contribution in [-0.2, 0) is 10.0 Å². The predicted molar refractivity (Wildman–Crippen MR) is 60.6 cm³/mol. The first-order chi connectivity index (χ1) is 7.60. The number of aliphatic hydroxyl groups is 1. The van der Waals surface area contributed by atoms with Gasteiger partial charge >= 0.3 is 5.38 Å². The molecule has 1 heterocycles. The van der Waals surface area contributed by atoms with E-state index >= 15 is 0 Å². The molecule has 0 aromatic carbocycles. The minimum absolute atomic E-state index is 0.170. The fourth-order valence-corrected chi connectivity index (χ4v) is 3.00. The Bertz CT molecular complexity index is 358. The van der Waals surface area contributed by atoms with Gasteiger partial charge < -0.3 is 5.11 Å². The van der Waals surface area contributed by atoms with E-state index in [4.69, 9.17) is 11.6 Å². The first-order valence-electron chi connectivity index (χ1n) is 5.30. The molecular weight excluding hydrogens is 276 g/mol. The summed E-state index contributed by atoms with van der Waals surface area (Å²) in [7, 11) is -3.30. The molecule has 0 radical (unpaired) electrons. The van der Waals surface area contributed by atoms with Gasteiger partial charge in [-0.15, -0.1) is 0 Å². The van der Waals surface area contributed by atoms with Crippen LogP contribution in [0.3, 0.4) is 0 Å². The fraction of sp³-hybridized carbons (Fsp3) is 1.00. The predicted octanol–water partition coefficient (Wildman–Crippen LogP) is 1.24. The van der Waals surface area contributed by atoms with Gasteiger partial charge in [-0.3, -0.25) is 0 Å². The van der Waals surface area contributed by atoms with E-state index in [0.29, 0.717) is 19.4 Å². The van der Waals surface area contributed by atoms with Crippen LogP contribution in [0, 0.1) is 5.92 Å². The molecular formula is C9H16ClF2NO3S. The number of alkyl halides is 3. The zero-order chi connectivity index (χ0) is 13.3. The molecule has 1 rings (SSSR count). The van der Waals surface area contributed by atoms with Crippen molar-refractivity contribution in [1.29, 1.82) is 0 Å². The number of hydrogen-bond acceptors (Lipinski definition) is 3. The highest BCUT2D eigenvalue weighted by Gasteiger charge is 2.38. The maximum absolute atomic E-state index is 12.6. The van der Waals surface area contributed by atoms with Crippen LogP contribution in [-0.4, -0.2) is 48.7 Å². The fourth-order valence-electron chi connectivity index (χ4n) is 1.97. The number of nitrogens with zero attached hydrogens (tertiary/aromatic N) is 1. The lowest BCUT2D eigenvalue weighted by Gasteiger charge is -2.32. The molecule has 8 heteroatoms. The summed E-state index contributed by atoms with van der Waals surface area (Å²) in [6.45, 7) is 0.575. The van der Waals surface area contributed by atoms with Crippen molar-refractivity contribution in [3.8, 4) is 0 Å². The minimum atomic E-state index is -3.66. The van der Waals surface area contributed by atoms with Crippen LogP contribution in [0.4, 0.5) is 8.78 Å². The van der Waals surface area contributed by atoms with Gasteiger partial charge in [0.1, 0.15) is 6.10 Å². The highest BCUT2D eigenvalue weighted by molar-refractivity contribution is 7.88. The maximum Gasteiger partial charge on any atom is 0.347 e. The molecule has 2 atom stereocenters. The molecule has 1 N–H and O–H groups in total. The van der Waals surface area contributed by atoms with Crippen LogP contribution in [0.5, 0.6) is 0 Å². The molecule has 0 saturated carbocycles. The quantitative estimate of drug-likeness (QED) is 0.793. The SMILES string of the molecule is CS(=O)(=O)N1CCCC(CC(O)C(F)(F)Cl)C1. The Morgan fingerprint density at radius 2 is 2.18 bits per heavy atom. The van der Waals surface area contributed by atoms with Crippen LogP contribution in [0.2, 0.25) is 0 Å². The average Bonchev–Trinajstić information content (AvgIpc) is 2.15. The van der Waals surface area contributed by atoms with Crippen LogP contribution >= 0.6 is 11.6 Å². The molecule has 1 saturated heterocycles. The third kappa shape index (κ3) is 4.65. The van der Waals surface area contributed by atoms with Crippen LogP contribution in [0.1, 0.15) is 19.3 Å². The number of hydrogen-bond donors (Lipinski definition) is 1. The summed E-state index contributed by atoms with van der Waals surface area (Å²) in [6, 6.07) is 0. The van der Waals surface area contributed by atoms with Crippen molar-refractivity contribution in [1.82, 2.24) is 4.31 Å². The van der Waals surface area contributed by atoms with E-state index in [9.17, 15) is 22.3 Å². The van der Waals surface area contributed by atoms with Crippen molar-refractivity contribution in [3.05, 3.63) is 0 Å². The molecule has 0 aromatic heterocycles. The average molecular weight is 292 g/mol. The molecule has 0 aliphatic carbocycles. The lowest BCUT2D eigenvalue weighted by atomic mass is 9.93. The highest BCUT2D eigenvalue weighted by Crippen LogP contribution is 2.31. The molecule has 0 aromatic rings.